The molecule has 0 atom stereocenters. The van der Waals surface area contributed by atoms with E-state index in [0.29, 0.717) is 18.4 Å². The minimum Gasteiger partial charge on any atom is -0.370 e. The van der Waals surface area contributed by atoms with E-state index in [1.54, 1.807) is 7.11 Å². The van der Waals surface area contributed by atoms with Crippen LogP contribution in [0.25, 0.3) is 0 Å². The summed E-state index contributed by atoms with van der Waals surface area (Å²) in [6.45, 7) is 5.94. The number of rotatable bonds is 6. The Labute approximate surface area is 121 Å². The maximum atomic E-state index is 5.80. The third kappa shape index (κ3) is 3.79. The van der Waals surface area contributed by atoms with Gasteiger partial charge in [0, 0.05) is 7.11 Å². The molecule has 0 spiro atoms. The van der Waals surface area contributed by atoms with Gasteiger partial charge in [-0.25, -0.2) is 0 Å². The summed E-state index contributed by atoms with van der Waals surface area (Å²) in [7, 11) is 1.76. The van der Waals surface area contributed by atoms with Crippen molar-refractivity contribution < 1.29 is 9.26 Å². The van der Waals surface area contributed by atoms with E-state index in [0.717, 1.165) is 25.2 Å². The SMILES string of the molecule is COC1(c2noc(CNCC(C)C)n2)CCCCCC1. The van der Waals surface area contributed by atoms with Gasteiger partial charge in [0.15, 0.2) is 0 Å². The van der Waals surface area contributed by atoms with Crippen molar-refractivity contribution in [3.05, 3.63) is 11.7 Å². The number of nitrogens with zero attached hydrogens (tertiary/aromatic N) is 2. The second-order valence-electron chi connectivity index (χ2n) is 6.15. The van der Waals surface area contributed by atoms with Crippen molar-refractivity contribution in [3.63, 3.8) is 0 Å². The van der Waals surface area contributed by atoms with Crippen LogP contribution in [0.3, 0.4) is 0 Å². The van der Waals surface area contributed by atoms with Gasteiger partial charge in [0.1, 0.15) is 5.60 Å². The fourth-order valence-corrected chi connectivity index (χ4v) is 2.80. The first-order chi connectivity index (χ1) is 9.66. The Balaban J connectivity index is 2.01. The van der Waals surface area contributed by atoms with Crippen LogP contribution in [-0.4, -0.2) is 23.8 Å². The molecule has 0 radical (unpaired) electrons. The van der Waals surface area contributed by atoms with E-state index in [1.165, 1.54) is 25.7 Å². The monoisotopic (exact) mass is 281 g/mol. The molecule has 114 valence electrons. The van der Waals surface area contributed by atoms with E-state index in [4.69, 9.17) is 9.26 Å². The molecule has 0 bridgehead atoms. The van der Waals surface area contributed by atoms with Gasteiger partial charge in [0.2, 0.25) is 11.7 Å². The van der Waals surface area contributed by atoms with Crippen molar-refractivity contribution in [2.75, 3.05) is 13.7 Å². The smallest absolute Gasteiger partial charge is 0.240 e. The average molecular weight is 281 g/mol. The van der Waals surface area contributed by atoms with E-state index >= 15 is 0 Å². The van der Waals surface area contributed by atoms with Crippen molar-refractivity contribution >= 4 is 0 Å². The molecule has 1 saturated carbocycles. The van der Waals surface area contributed by atoms with Crippen LogP contribution < -0.4 is 5.32 Å². The Bertz CT molecular complexity index is 396. The van der Waals surface area contributed by atoms with Crippen LogP contribution in [0.15, 0.2) is 4.52 Å². The molecule has 5 nitrogen and oxygen atoms in total. The average Bonchev–Trinajstić information content (AvgIpc) is 2.76. The highest BCUT2D eigenvalue weighted by Gasteiger charge is 2.37. The van der Waals surface area contributed by atoms with Crippen LogP contribution >= 0.6 is 0 Å². The largest absolute Gasteiger partial charge is 0.370 e. The molecule has 1 N–H and O–H groups in total. The number of aromatic nitrogens is 2. The fourth-order valence-electron chi connectivity index (χ4n) is 2.80. The molecule has 0 amide bonds. The Kier molecular flexibility index (Phi) is 5.54. The third-order valence-electron chi connectivity index (χ3n) is 4.01. The summed E-state index contributed by atoms with van der Waals surface area (Å²) in [5, 5.41) is 7.49. The minimum absolute atomic E-state index is 0.337. The van der Waals surface area contributed by atoms with Crippen molar-refractivity contribution in [1.82, 2.24) is 15.5 Å². The highest BCUT2D eigenvalue weighted by Crippen LogP contribution is 2.37. The van der Waals surface area contributed by atoms with Crippen molar-refractivity contribution in [2.45, 2.75) is 64.5 Å². The first-order valence-corrected chi connectivity index (χ1v) is 7.75. The second kappa shape index (κ2) is 7.18. The van der Waals surface area contributed by atoms with Crippen LogP contribution in [0.5, 0.6) is 0 Å². The second-order valence-corrected chi connectivity index (χ2v) is 6.15. The molecular formula is C15H27N3O2. The fraction of sp³-hybridized carbons (Fsp3) is 0.867. The number of ether oxygens (including phenoxy) is 1. The van der Waals surface area contributed by atoms with Crippen molar-refractivity contribution in [3.8, 4) is 0 Å². The molecule has 5 heteroatoms. The summed E-state index contributed by atoms with van der Waals surface area (Å²) in [4.78, 5) is 4.55. The lowest BCUT2D eigenvalue weighted by Crippen LogP contribution is -2.29. The zero-order valence-corrected chi connectivity index (χ0v) is 12.9. The summed E-state index contributed by atoms with van der Waals surface area (Å²) < 4.78 is 11.2. The zero-order valence-electron chi connectivity index (χ0n) is 12.9. The highest BCUT2D eigenvalue weighted by atomic mass is 16.5. The molecule has 0 aromatic carbocycles. The molecule has 1 aliphatic carbocycles. The van der Waals surface area contributed by atoms with Gasteiger partial charge >= 0.3 is 0 Å². The van der Waals surface area contributed by atoms with Crippen LogP contribution in [0.4, 0.5) is 0 Å². The Morgan fingerprint density at radius 1 is 1.25 bits per heavy atom. The predicted molar refractivity (Wildman–Crippen MR) is 77.2 cm³/mol. The van der Waals surface area contributed by atoms with Crippen molar-refractivity contribution in [2.24, 2.45) is 5.92 Å². The molecule has 0 unspecified atom stereocenters. The number of hydrogen-bond donors (Lipinski definition) is 1. The van der Waals surface area contributed by atoms with Crippen molar-refractivity contribution in [1.29, 1.82) is 0 Å². The lowest BCUT2D eigenvalue weighted by Gasteiger charge is -2.27. The molecule has 1 aromatic heterocycles. The molecule has 0 aliphatic heterocycles. The predicted octanol–water partition coefficient (Wildman–Crippen LogP) is 3.01. The first kappa shape index (κ1) is 15.4. The number of methoxy groups -OCH3 is 1. The minimum atomic E-state index is -0.337. The first-order valence-electron chi connectivity index (χ1n) is 7.75. The molecule has 1 heterocycles. The topological polar surface area (TPSA) is 60.2 Å². The van der Waals surface area contributed by atoms with Crippen LogP contribution in [0, 0.1) is 5.92 Å². The summed E-state index contributed by atoms with van der Waals surface area (Å²) in [6.07, 6.45) is 6.86. The standard InChI is InChI=1S/C15H27N3O2/c1-12(2)10-16-11-13-17-14(18-20-13)15(19-3)8-6-4-5-7-9-15/h12,16H,4-11H2,1-3H3. The summed E-state index contributed by atoms with van der Waals surface area (Å²) in [6, 6.07) is 0. The Morgan fingerprint density at radius 3 is 2.55 bits per heavy atom. The lowest BCUT2D eigenvalue weighted by atomic mass is 9.93. The van der Waals surface area contributed by atoms with E-state index in [-0.39, 0.29) is 5.60 Å². The number of nitrogens with one attached hydrogen (secondary N) is 1. The summed E-state index contributed by atoms with van der Waals surface area (Å²) in [5.41, 5.74) is -0.337. The maximum Gasteiger partial charge on any atom is 0.240 e. The van der Waals surface area contributed by atoms with Crippen LogP contribution in [0.2, 0.25) is 0 Å². The van der Waals surface area contributed by atoms with Gasteiger partial charge in [0.25, 0.3) is 0 Å². The van der Waals surface area contributed by atoms with Crippen LogP contribution in [-0.2, 0) is 16.9 Å². The molecule has 1 aliphatic rings. The molecule has 1 fully saturated rings. The molecule has 0 saturated heterocycles. The van der Waals surface area contributed by atoms with Gasteiger partial charge in [0.05, 0.1) is 6.54 Å². The lowest BCUT2D eigenvalue weighted by molar-refractivity contribution is -0.0365. The van der Waals surface area contributed by atoms with Gasteiger partial charge in [-0.1, -0.05) is 44.7 Å². The summed E-state index contributed by atoms with van der Waals surface area (Å²) >= 11 is 0. The van der Waals surface area contributed by atoms with Gasteiger partial charge in [-0.15, -0.1) is 0 Å². The summed E-state index contributed by atoms with van der Waals surface area (Å²) in [5.74, 6) is 1.99. The van der Waals surface area contributed by atoms with Gasteiger partial charge in [-0.2, -0.15) is 4.98 Å². The zero-order chi connectivity index (χ0) is 14.4. The molecular weight excluding hydrogens is 254 g/mol. The maximum absolute atomic E-state index is 5.80. The van der Waals surface area contributed by atoms with Gasteiger partial charge in [-0.05, 0) is 25.3 Å². The van der Waals surface area contributed by atoms with Gasteiger partial charge in [-0.3, -0.25) is 0 Å². The number of hydrogen-bond acceptors (Lipinski definition) is 5. The molecule has 2 rings (SSSR count). The Hall–Kier alpha value is -0.940. The van der Waals surface area contributed by atoms with E-state index in [2.05, 4.69) is 29.3 Å². The normalized spacial score (nSPS) is 19.2. The van der Waals surface area contributed by atoms with E-state index in [9.17, 15) is 0 Å². The Morgan fingerprint density at radius 2 is 1.95 bits per heavy atom. The molecule has 1 aromatic rings. The van der Waals surface area contributed by atoms with E-state index in [1.807, 2.05) is 0 Å². The van der Waals surface area contributed by atoms with E-state index < -0.39 is 0 Å². The van der Waals surface area contributed by atoms with Crippen LogP contribution in [0.1, 0.15) is 64.1 Å². The quantitative estimate of drug-likeness (QED) is 0.812. The molecule has 20 heavy (non-hydrogen) atoms. The highest BCUT2D eigenvalue weighted by molar-refractivity contribution is 5.02. The third-order valence-corrected chi connectivity index (χ3v) is 4.01. The van der Waals surface area contributed by atoms with Gasteiger partial charge < -0.3 is 14.6 Å².